The average Bonchev–Trinajstić information content (AvgIpc) is 2.31. The quantitative estimate of drug-likeness (QED) is 0.699. The maximum atomic E-state index is 11.8. The number of hydrogen-bond acceptors (Lipinski definition) is 2. The van der Waals surface area contributed by atoms with Gasteiger partial charge in [-0.25, -0.2) is 8.78 Å². The molecule has 0 amide bonds. The lowest BCUT2D eigenvalue weighted by molar-refractivity contribution is -0.121. The first-order chi connectivity index (χ1) is 8.66. The summed E-state index contributed by atoms with van der Waals surface area (Å²) in [5.74, 6) is 0.396. The first-order valence-corrected chi connectivity index (χ1v) is 6.12. The molecule has 0 N–H and O–H groups in total. The number of halogens is 2. The minimum atomic E-state index is -2.46. The molecule has 1 aliphatic carbocycles. The highest BCUT2D eigenvalue weighted by atomic mass is 19.3. The van der Waals surface area contributed by atoms with E-state index in [0.29, 0.717) is 12.3 Å². The van der Waals surface area contributed by atoms with Crippen LogP contribution in [0.3, 0.4) is 0 Å². The second-order valence-corrected chi connectivity index (χ2v) is 4.56. The van der Waals surface area contributed by atoms with Crippen LogP contribution in [0.4, 0.5) is 8.78 Å². The lowest BCUT2D eigenvalue weighted by Gasteiger charge is -2.29. The topological polar surface area (TPSA) is 26.3 Å². The van der Waals surface area contributed by atoms with Crippen molar-refractivity contribution in [2.45, 2.75) is 31.6 Å². The largest absolute Gasteiger partial charge is 0.375 e. The lowest BCUT2D eigenvalue weighted by atomic mass is 9.75. The van der Waals surface area contributed by atoms with Gasteiger partial charge >= 0.3 is 0 Å². The van der Waals surface area contributed by atoms with E-state index in [1.54, 1.807) is 0 Å². The summed E-state index contributed by atoms with van der Waals surface area (Å²) in [6, 6.07) is 8.09. The summed E-state index contributed by atoms with van der Waals surface area (Å²) >= 11 is 0. The number of rotatable bonds is 7. The molecule has 0 saturated carbocycles. The van der Waals surface area contributed by atoms with Gasteiger partial charge in [0.2, 0.25) is 0 Å². The fraction of sp³-hybridized carbons (Fsp3) is 0.500. The molecule has 18 heavy (non-hydrogen) atoms. The Balaban J connectivity index is 1.67. The van der Waals surface area contributed by atoms with Gasteiger partial charge < -0.3 is 4.74 Å². The van der Waals surface area contributed by atoms with Crippen molar-refractivity contribution in [2.75, 3.05) is 13.2 Å². The highest BCUT2D eigenvalue weighted by Crippen LogP contribution is 2.37. The Morgan fingerprint density at radius 1 is 1.39 bits per heavy atom. The number of carbonyl (C=O) groups is 1. The van der Waals surface area contributed by atoms with E-state index >= 15 is 0 Å². The standard InChI is InChI=1S/C14H16F2O2/c15-14(16)9-18-6-5-12(17)8-11-7-10-3-1-2-4-13(10)11/h1-4,11,14H,5-9H2. The molecule has 0 heterocycles. The molecule has 0 radical (unpaired) electrons. The van der Waals surface area contributed by atoms with Crippen LogP contribution in [0.1, 0.15) is 29.9 Å². The number of Topliss-reactive ketones (excluding diaryl/α,β-unsaturated/α-hetero) is 1. The van der Waals surface area contributed by atoms with Crippen LogP contribution in [0.15, 0.2) is 24.3 Å². The first kappa shape index (κ1) is 13.1. The van der Waals surface area contributed by atoms with Crippen LogP contribution >= 0.6 is 0 Å². The van der Waals surface area contributed by atoms with Crippen LogP contribution in [0, 0.1) is 0 Å². The van der Waals surface area contributed by atoms with Gasteiger partial charge in [-0.05, 0) is 23.5 Å². The van der Waals surface area contributed by atoms with Crippen LogP contribution < -0.4 is 0 Å². The van der Waals surface area contributed by atoms with Crippen LogP contribution in [0.25, 0.3) is 0 Å². The van der Waals surface area contributed by atoms with Gasteiger partial charge in [-0.15, -0.1) is 0 Å². The molecule has 0 aromatic heterocycles. The minimum Gasteiger partial charge on any atom is -0.375 e. The van der Waals surface area contributed by atoms with Gasteiger partial charge in [-0.1, -0.05) is 24.3 Å². The first-order valence-electron chi connectivity index (χ1n) is 6.12. The van der Waals surface area contributed by atoms with Crippen molar-refractivity contribution < 1.29 is 18.3 Å². The third-order valence-corrected chi connectivity index (χ3v) is 3.20. The molecule has 0 bridgehead atoms. The molecule has 1 unspecified atom stereocenters. The van der Waals surface area contributed by atoms with Crippen LogP contribution in [0.2, 0.25) is 0 Å². The van der Waals surface area contributed by atoms with E-state index in [1.807, 2.05) is 18.2 Å². The third kappa shape index (κ3) is 3.35. The molecule has 0 spiro atoms. The number of hydrogen-bond donors (Lipinski definition) is 0. The maximum Gasteiger partial charge on any atom is 0.261 e. The number of ether oxygens (including phenoxy) is 1. The summed E-state index contributed by atoms with van der Waals surface area (Å²) in [4.78, 5) is 11.6. The lowest BCUT2D eigenvalue weighted by Crippen LogP contribution is -2.20. The monoisotopic (exact) mass is 254 g/mol. The van der Waals surface area contributed by atoms with E-state index in [4.69, 9.17) is 4.74 Å². The number of ketones is 1. The van der Waals surface area contributed by atoms with E-state index in [2.05, 4.69) is 6.07 Å². The average molecular weight is 254 g/mol. The SMILES string of the molecule is O=C(CCOCC(F)F)CC1Cc2ccccc21. The Hall–Kier alpha value is -1.29. The van der Waals surface area contributed by atoms with Crippen molar-refractivity contribution in [1.82, 2.24) is 0 Å². The Kier molecular flexibility index (Phi) is 4.42. The summed E-state index contributed by atoms with van der Waals surface area (Å²) in [6.07, 6.45) is -0.793. The minimum absolute atomic E-state index is 0.0868. The second-order valence-electron chi connectivity index (χ2n) is 4.56. The summed E-state index contributed by atoms with van der Waals surface area (Å²) in [7, 11) is 0. The van der Waals surface area contributed by atoms with E-state index in [0.717, 1.165) is 6.42 Å². The highest BCUT2D eigenvalue weighted by molar-refractivity contribution is 5.80. The summed E-state index contributed by atoms with van der Waals surface area (Å²) in [5, 5.41) is 0. The van der Waals surface area contributed by atoms with E-state index in [9.17, 15) is 13.6 Å². The Labute approximate surface area is 105 Å². The van der Waals surface area contributed by atoms with Crippen LogP contribution in [-0.2, 0) is 16.0 Å². The summed E-state index contributed by atoms with van der Waals surface area (Å²) in [5.41, 5.74) is 2.56. The van der Waals surface area contributed by atoms with Crippen molar-refractivity contribution in [3.05, 3.63) is 35.4 Å². The van der Waals surface area contributed by atoms with E-state index in [-0.39, 0.29) is 18.8 Å². The van der Waals surface area contributed by atoms with Gasteiger partial charge in [-0.2, -0.15) is 0 Å². The highest BCUT2D eigenvalue weighted by Gasteiger charge is 2.27. The fourth-order valence-electron chi connectivity index (χ4n) is 2.28. The van der Waals surface area contributed by atoms with Gasteiger partial charge in [0.25, 0.3) is 6.43 Å². The smallest absolute Gasteiger partial charge is 0.261 e. The predicted octanol–water partition coefficient (Wildman–Crippen LogP) is 2.96. The fourth-order valence-corrected chi connectivity index (χ4v) is 2.28. The van der Waals surface area contributed by atoms with Crippen molar-refractivity contribution in [1.29, 1.82) is 0 Å². The molecule has 1 aromatic rings. The number of carbonyl (C=O) groups excluding carboxylic acids is 1. The van der Waals surface area contributed by atoms with E-state index in [1.165, 1.54) is 11.1 Å². The summed E-state index contributed by atoms with van der Waals surface area (Å²) < 4.78 is 28.3. The number of alkyl halides is 2. The third-order valence-electron chi connectivity index (χ3n) is 3.20. The Bertz CT molecular complexity index is 418. The van der Waals surface area contributed by atoms with Gasteiger partial charge in [0.1, 0.15) is 12.4 Å². The van der Waals surface area contributed by atoms with E-state index < -0.39 is 13.0 Å². The molecular weight excluding hydrogens is 238 g/mol. The zero-order valence-corrected chi connectivity index (χ0v) is 10.1. The van der Waals surface area contributed by atoms with Gasteiger partial charge in [0, 0.05) is 12.8 Å². The molecule has 98 valence electrons. The maximum absolute atomic E-state index is 11.8. The Morgan fingerprint density at radius 3 is 2.89 bits per heavy atom. The normalized spacial score (nSPS) is 17.4. The van der Waals surface area contributed by atoms with Crippen molar-refractivity contribution in [3.63, 3.8) is 0 Å². The predicted molar refractivity (Wildman–Crippen MR) is 64.0 cm³/mol. The molecule has 1 aromatic carbocycles. The second kappa shape index (κ2) is 6.05. The van der Waals surface area contributed by atoms with Crippen LogP contribution in [-0.4, -0.2) is 25.4 Å². The summed E-state index contributed by atoms with van der Waals surface area (Å²) in [6.45, 7) is -0.489. The molecule has 0 aliphatic heterocycles. The van der Waals surface area contributed by atoms with Gasteiger partial charge in [-0.3, -0.25) is 4.79 Å². The molecule has 0 fully saturated rings. The zero-order valence-electron chi connectivity index (χ0n) is 10.1. The van der Waals surface area contributed by atoms with Gasteiger partial charge in [0.15, 0.2) is 0 Å². The molecule has 2 nitrogen and oxygen atoms in total. The zero-order chi connectivity index (χ0) is 13.0. The van der Waals surface area contributed by atoms with Gasteiger partial charge in [0.05, 0.1) is 6.61 Å². The van der Waals surface area contributed by atoms with Crippen molar-refractivity contribution >= 4 is 5.78 Å². The van der Waals surface area contributed by atoms with Crippen molar-refractivity contribution in [3.8, 4) is 0 Å². The molecule has 4 heteroatoms. The molecule has 0 saturated heterocycles. The molecule has 1 aliphatic rings. The Morgan fingerprint density at radius 2 is 2.17 bits per heavy atom. The molecule has 1 atom stereocenters. The molecule has 2 rings (SSSR count). The number of benzene rings is 1. The molecular formula is C14H16F2O2. The van der Waals surface area contributed by atoms with Crippen LogP contribution in [0.5, 0.6) is 0 Å². The number of fused-ring (bicyclic) bond motifs is 1. The van der Waals surface area contributed by atoms with Crippen molar-refractivity contribution in [2.24, 2.45) is 0 Å².